The Morgan fingerprint density at radius 3 is 2.66 bits per heavy atom. The summed E-state index contributed by atoms with van der Waals surface area (Å²) in [4.78, 5) is 20.3. The molecule has 6 atom stereocenters. The van der Waals surface area contributed by atoms with Crippen LogP contribution >= 0.6 is 7.75 Å². The third kappa shape index (κ3) is 5.80. The van der Waals surface area contributed by atoms with E-state index in [2.05, 4.69) is 15.1 Å². The number of esters is 1. The zero-order chi connectivity index (χ0) is 27.7. The molecule has 206 valence electrons. The number of aromatic nitrogens is 3. The lowest BCUT2D eigenvalue weighted by Crippen LogP contribution is -2.44. The lowest BCUT2D eigenvalue weighted by atomic mass is 10.1. The predicted molar refractivity (Wildman–Crippen MR) is 132 cm³/mol. The number of anilines is 1. The number of nitrogen functional groups attached to an aromatic ring is 1. The summed E-state index contributed by atoms with van der Waals surface area (Å²) >= 11 is 0. The predicted octanol–water partition coefficient (Wildman–Crippen LogP) is 2.06. The van der Waals surface area contributed by atoms with Crippen LogP contribution in [0.25, 0.3) is 11.0 Å². The van der Waals surface area contributed by atoms with E-state index in [1.807, 2.05) is 0 Å². The third-order valence-electron chi connectivity index (χ3n) is 5.65. The molecule has 1 fully saturated rings. The van der Waals surface area contributed by atoms with Gasteiger partial charge in [0.2, 0.25) is 0 Å². The van der Waals surface area contributed by atoms with Crippen molar-refractivity contribution >= 4 is 30.6 Å². The minimum Gasteiger partial charge on any atom is -0.462 e. The van der Waals surface area contributed by atoms with Gasteiger partial charge in [0.15, 0.2) is 6.23 Å². The summed E-state index contributed by atoms with van der Waals surface area (Å²) in [7, 11) is -4.47. The highest BCUT2D eigenvalue weighted by Crippen LogP contribution is 2.48. The Morgan fingerprint density at radius 1 is 1.26 bits per heavy atom. The van der Waals surface area contributed by atoms with Gasteiger partial charge in [0.05, 0.1) is 11.5 Å². The number of nitrogens with one attached hydrogen (secondary N) is 1. The first-order valence-electron chi connectivity index (χ1n) is 11.7. The van der Waals surface area contributed by atoms with Crippen molar-refractivity contribution in [1.82, 2.24) is 19.6 Å². The number of aliphatic hydroxyl groups excluding tert-OH is 2. The molecule has 1 aromatic carbocycles. The van der Waals surface area contributed by atoms with Crippen molar-refractivity contribution in [3.05, 3.63) is 48.9 Å². The minimum absolute atomic E-state index is 0.0996. The fourth-order valence-electron chi connectivity index (χ4n) is 3.80. The first-order chi connectivity index (χ1) is 17.9. The number of fused-ring (bicyclic) bond motifs is 1. The van der Waals surface area contributed by atoms with Gasteiger partial charge in [0.1, 0.15) is 48.4 Å². The van der Waals surface area contributed by atoms with Gasteiger partial charge < -0.3 is 34.5 Å². The number of halogens is 1. The molecule has 0 radical (unpaired) electrons. The van der Waals surface area contributed by atoms with Gasteiger partial charge in [-0.1, -0.05) is 18.2 Å². The average Bonchev–Trinajstić information content (AvgIpc) is 3.39. The van der Waals surface area contributed by atoms with Crippen LogP contribution < -0.4 is 15.3 Å². The number of hydrogen-bond donors (Lipinski definition) is 4. The van der Waals surface area contributed by atoms with Gasteiger partial charge in [0, 0.05) is 6.20 Å². The number of nitrogens with two attached hydrogens (primary N) is 1. The smallest absolute Gasteiger partial charge is 0.459 e. The van der Waals surface area contributed by atoms with Crippen molar-refractivity contribution in [1.29, 1.82) is 0 Å². The molecule has 2 aromatic heterocycles. The molecule has 5 N–H and O–H groups in total. The second kappa shape index (κ2) is 10.9. The normalized spacial score (nSPS) is 25.8. The molecular formula is C23H29FN5O8P. The second-order valence-corrected chi connectivity index (χ2v) is 10.7. The Bertz CT molecular complexity index is 1330. The maximum absolute atomic E-state index is 15.9. The average molecular weight is 553 g/mol. The second-order valence-electron chi connectivity index (χ2n) is 8.96. The largest absolute Gasteiger partial charge is 0.462 e. The summed E-state index contributed by atoms with van der Waals surface area (Å²) < 4.78 is 52.1. The highest BCUT2D eigenvalue weighted by Gasteiger charge is 2.57. The van der Waals surface area contributed by atoms with Crippen LogP contribution in [0.1, 0.15) is 27.0 Å². The molecule has 0 amide bonds. The lowest BCUT2D eigenvalue weighted by molar-refractivity contribution is -0.202. The number of carbonyl (C=O) groups is 1. The lowest BCUT2D eigenvalue weighted by Gasteiger charge is -2.27. The van der Waals surface area contributed by atoms with E-state index in [-0.39, 0.29) is 17.2 Å². The highest BCUT2D eigenvalue weighted by molar-refractivity contribution is 7.52. The number of aliphatic hydroxyl groups is 2. The molecule has 1 saturated heterocycles. The van der Waals surface area contributed by atoms with Gasteiger partial charge in [0.25, 0.3) is 5.85 Å². The van der Waals surface area contributed by atoms with Crippen LogP contribution in [0, 0.1) is 0 Å². The van der Waals surface area contributed by atoms with Crippen molar-refractivity contribution in [3.8, 4) is 5.75 Å². The molecule has 0 spiro atoms. The van der Waals surface area contributed by atoms with Crippen LogP contribution in [0.2, 0.25) is 0 Å². The Morgan fingerprint density at radius 2 is 1.97 bits per heavy atom. The summed E-state index contributed by atoms with van der Waals surface area (Å²) in [5.74, 6) is -3.52. The number of benzene rings is 1. The van der Waals surface area contributed by atoms with E-state index in [0.717, 1.165) is 0 Å². The topological polar surface area (TPSA) is 180 Å². The fraction of sp³-hybridized carbons (Fsp3) is 0.435. The van der Waals surface area contributed by atoms with E-state index in [1.165, 1.54) is 36.1 Å². The zero-order valence-electron chi connectivity index (χ0n) is 20.8. The van der Waals surface area contributed by atoms with Gasteiger partial charge in [-0.15, -0.1) is 0 Å². The highest BCUT2D eigenvalue weighted by atomic mass is 31.2. The standard InChI is InChI=1S/C23H29FN5O8P/c1-13(2)35-22(32)14(3)28-38(33,37-15-7-5-4-6-8-15)34-11-23(24)18(31)17(30)21(36-23)29-10-9-16-19(25)26-12-27-20(16)29/h4-10,12-14,17-18,21,30-31H,11H2,1-3H3,(H,28,33)(H2,25,26,27)/t14-,17+,18-,21+,23+,38?/m0/s1. The molecule has 3 heterocycles. The molecule has 3 aromatic rings. The molecule has 0 bridgehead atoms. The Kier molecular flexibility index (Phi) is 8.02. The van der Waals surface area contributed by atoms with Crippen molar-refractivity contribution in [2.75, 3.05) is 12.3 Å². The Labute approximate surface area is 217 Å². The number of nitrogens with zero attached hydrogens (tertiary/aromatic N) is 3. The number of hydrogen-bond acceptors (Lipinski definition) is 11. The maximum Gasteiger partial charge on any atom is 0.459 e. The van der Waals surface area contributed by atoms with Crippen LogP contribution in [-0.4, -0.2) is 67.5 Å². The van der Waals surface area contributed by atoms with Crippen molar-refractivity contribution in [2.24, 2.45) is 0 Å². The molecule has 15 heteroatoms. The third-order valence-corrected chi connectivity index (χ3v) is 7.27. The van der Waals surface area contributed by atoms with Gasteiger partial charge in [-0.05, 0) is 39.0 Å². The van der Waals surface area contributed by atoms with Gasteiger partial charge in [-0.2, -0.15) is 5.09 Å². The summed E-state index contributed by atoms with van der Waals surface area (Å²) in [6, 6.07) is 8.23. The molecule has 1 aliphatic rings. The molecule has 38 heavy (non-hydrogen) atoms. The van der Waals surface area contributed by atoms with Crippen LogP contribution in [0.3, 0.4) is 0 Å². The van der Waals surface area contributed by atoms with Crippen LogP contribution in [0.4, 0.5) is 10.2 Å². The van der Waals surface area contributed by atoms with Crippen LogP contribution in [0.15, 0.2) is 48.9 Å². The molecule has 1 aliphatic heterocycles. The molecule has 0 saturated carbocycles. The fourth-order valence-corrected chi connectivity index (χ4v) is 5.30. The minimum atomic E-state index is -4.47. The number of para-hydroxylation sites is 1. The molecule has 1 unspecified atom stereocenters. The van der Waals surface area contributed by atoms with E-state index in [4.69, 9.17) is 24.3 Å². The quantitative estimate of drug-likeness (QED) is 0.212. The molecule has 0 aliphatic carbocycles. The Hall–Kier alpha value is -3.13. The first kappa shape index (κ1) is 27.9. The monoisotopic (exact) mass is 553 g/mol. The number of alkyl halides is 1. The molecule has 4 rings (SSSR count). The van der Waals surface area contributed by atoms with Gasteiger partial charge in [-0.3, -0.25) is 9.32 Å². The van der Waals surface area contributed by atoms with E-state index < -0.39 is 56.8 Å². The first-order valence-corrected chi connectivity index (χ1v) is 13.2. The SMILES string of the molecule is CC(C)OC(=O)[C@H](C)NP(=O)(OC[C@@]1(F)O[C@@H](n2ccc3c(N)ncnc32)[C@H](O)[C@@H]1O)Oc1ccccc1. The number of rotatable bonds is 10. The molecule has 13 nitrogen and oxygen atoms in total. The van der Waals surface area contributed by atoms with E-state index in [9.17, 15) is 19.6 Å². The van der Waals surface area contributed by atoms with E-state index in [1.54, 1.807) is 38.1 Å². The van der Waals surface area contributed by atoms with E-state index in [0.29, 0.717) is 5.39 Å². The summed E-state index contributed by atoms with van der Waals surface area (Å²) in [5.41, 5.74) is 6.07. The zero-order valence-corrected chi connectivity index (χ0v) is 21.7. The molecular weight excluding hydrogens is 524 g/mol. The van der Waals surface area contributed by atoms with Gasteiger partial charge in [-0.25, -0.2) is 18.9 Å². The van der Waals surface area contributed by atoms with E-state index >= 15 is 4.39 Å². The number of carbonyl (C=O) groups excluding carboxylic acids is 1. The van der Waals surface area contributed by atoms with Crippen molar-refractivity contribution in [2.45, 2.75) is 57.2 Å². The van der Waals surface area contributed by atoms with Gasteiger partial charge >= 0.3 is 13.7 Å². The van der Waals surface area contributed by atoms with Crippen molar-refractivity contribution in [3.63, 3.8) is 0 Å². The Balaban J connectivity index is 1.55. The van der Waals surface area contributed by atoms with Crippen LogP contribution in [0.5, 0.6) is 5.75 Å². The summed E-state index contributed by atoms with van der Waals surface area (Å²) in [6.45, 7) is 3.51. The summed E-state index contributed by atoms with van der Waals surface area (Å²) in [5, 5.41) is 24.0. The maximum atomic E-state index is 15.9. The van der Waals surface area contributed by atoms with Crippen molar-refractivity contribution < 1.29 is 42.5 Å². The summed E-state index contributed by atoms with van der Waals surface area (Å²) in [6.07, 6.45) is -3.13. The number of ether oxygens (including phenoxy) is 2. The van der Waals surface area contributed by atoms with Crippen LogP contribution in [-0.2, 0) is 23.4 Å².